The minimum atomic E-state index is -0.139. The summed E-state index contributed by atoms with van der Waals surface area (Å²) in [4.78, 5) is 14.6. The van der Waals surface area contributed by atoms with Gasteiger partial charge in [0.1, 0.15) is 18.1 Å². The maximum absolute atomic E-state index is 12.8. The molecule has 5 heteroatoms. The van der Waals surface area contributed by atoms with Crippen LogP contribution >= 0.6 is 0 Å². The Morgan fingerprint density at radius 1 is 1.23 bits per heavy atom. The number of furan rings is 2. The van der Waals surface area contributed by atoms with Gasteiger partial charge < -0.3 is 18.5 Å². The van der Waals surface area contributed by atoms with Crippen LogP contribution in [0.2, 0.25) is 0 Å². The fraction of sp³-hybridized carbons (Fsp3) is 0.471. The number of amides is 1. The average molecular weight is 305 g/mol. The van der Waals surface area contributed by atoms with Crippen LogP contribution in [-0.4, -0.2) is 24.0 Å². The lowest BCUT2D eigenvalue weighted by atomic mass is 10.0. The van der Waals surface area contributed by atoms with Gasteiger partial charge in [-0.3, -0.25) is 4.79 Å². The molecule has 0 N–H and O–H groups in total. The fourth-order valence-corrected chi connectivity index (χ4v) is 2.19. The highest BCUT2D eigenvalue weighted by molar-refractivity contribution is 5.91. The summed E-state index contributed by atoms with van der Waals surface area (Å²) >= 11 is 0. The first kappa shape index (κ1) is 16.4. The number of carbonyl (C=O) groups is 1. The van der Waals surface area contributed by atoms with E-state index in [1.54, 1.807) is 30.4 Å². The zero-order valence-electron chi connectivity index (χ0n) is 13.5. The molecule has 0 aromatic carbocycles. The van der Waals surface area contributed by atoms with Gasteiger partial charge in [-0.15, -0.1) is 0 Å². The average Bonchev–Trinajstić information content (AvgIpc) is 3.15. The summed E-state index contributed by atoms with van der Waals surface area (Å²) in [6.07, 6.45) is 1.61. The highest BCUT2D eigenvalue weighted by Gasteiger charge is 2.26. The molecule has 22 heavy (non-hydrogen) atoms. The molecule has 1 atom stereocenters. The van der Waals surface area contributed by atoms with Crippen LogP contribution in [0.5, 0.6) is 0 Å². The van der Waals surface area contributed by atoms with Crippen molar-refractivity contribution in [2.45, 2.75) is 40.0 Å². The SMILES string of the molecule is COCc1ccc(C(=O)N(Cc2ccco2)[C@@H](C)C(C)C)o1. The van der Waals surface area contributed by atoms with Gasteiger partial charge in [-0.2, -0.15) is 0 Å². The second-order valence-corrected chi connectivity index (χ2v) is 5.70. The van der Waals surface area contributed by atoms with Crippen LogP contribution < -0.4 is 0 Å². The van der Waals surface area contributed by atoms with Crippen molar-refractivity contribution in [1.29, 1.82) is 0 Å². The van der Waals surface area contributed by atoms with Gasteiger partial charge in [-0.1, -0.05) is 13.8 Å². The molecular formula is C17H23NO4. The predicted molar refractivity (Wildman–Crippen MR) is 82.3 cm³/mol. The number of ether oxygens (including phenoxy) is 1. The van der Waals surface area contributed by atoms with Crippen LogP contribution in [-0.2, 0) is 17.9 Å². The molecule has 0 aliphatic heterocycles. The van der Waals surface area contributed by atoms with E-state index in [1.807, 2.05) is 19.1 Å². The van der Waals surface area contributed by atoms with Crippen LogP contribution in [0.4, 0.5) is 0 Å². The molecule has 2 rings (SSSR count). The Balaban J connectivity index is 2.20. The Labute approximate surface area is 130 Å². The van der Waals surface area contributed by atoms with E-state index in [4.69, 9.17) is 13.6 Å². The molecular weight excluding hydrogens is 282 g/mol. The van der Waals surface area contributed by atoms with Crippen molar-refractivity contribution < 1.29 is 18.4 Å². The summed E-state index contributed by atoms with van der Waals surface area (Å²) in [5.74, 6) is 1.91. The predicted octanol–water partition coefficient (Wildman–Crippen LogP) is 3.71. The minimum absolute atomic E-state index is 0.0635. The van der Waals surface area contributed by atoms with E-state index in [9.17, 15) is 4.79 Å². The first-order chi connectivity index (χ1) is 10.5. The fourth-order valence-electron chi connectivity index (χ4n) is 2.19. The summed E-state index contributed by atoms with van der Waals surface area (Å²) in [6.45, 7) is 6.98. The summed E-state index contributed by atoms with van der Waals surface area (Å²) in [7, 11) is 1.59. The largest absolute Gasteiger partial charge is 0.467 e. The summed E-state index contributed by atoms with van der Waals surface area (Å²) in [5.41, 5.74) is 0. The third-order valence-electron chi connectivity index (χ3n) is 3.78. The molecule has 120 valence electrons. The van der Waals surface area contributed by atoms with E-state index in [2.05, 4.69) is 13.8 Å². The zero-order chi connectivity index (χ0) is 16.1. The van der Waals surface area contributed by atoms with E-state index in [0.717, 1.165) is 5.76 Å². The number of nitrogens with zero attached hydrogens (tertiary/aromatic N) is 1. The molecule has 0 radical (unpaired) electrons. The molecule has 1 amide bonds. The van der Waals surface area contributed by atoms with Crippen LogP contribution in [0.1, 0.15) is 42.8 Å². The van der Waals surface area contributed by atoms with Crippen molar-refractivity contribution in [1.82, 2.24) is 4.90 Å². The first-order valence-corrected chi connectivity index (χ1v) is 7.44. The lowest BCUT2D eigenvalue weighted by molar-refractivity contribution is 0.0571. The Hall–Kier alpha value is -2.01. The van der Waals surface area contributed by atoms with E-state index >= 15 is 0 Å². The molecule has 0 aliphatic carbocycles. The number of hydrogen-bond acceptors (Lipinski definition) is 4. The third-order valence-corrected chi connectivity index (χ3v) is 3.78. The van der Waals surface area contributed by atoms with Gasteiger partial charge in [-0.05, 0) is 37.1 Å². The van der Waals surface area contributed by atoms with E-state index < -0.39 is 0 Å². The van der Waals surface area contributed by atoms with Gasteiger partial charge in [-0.25, -0.2) is 0 Å². The monoisotopic (exact) mass is 305 g/mol. The second kappa shape index (κ2) is 7.31. The Morgan fingerprint density at radius 3 is 2.59 bits per heavy atom. The smallest absolute Gasteiger partial charge is 0.290 e. The third kappa shape index (κ3) is 3.80. The van der Waals surface area contributed by atoms with Crippen molar-refractivity contribution in [3.63, 3.8) is 0 Å². The number of hydrogen-bond donors (Lipinski definition) is 0. The van der Waals surface area contributed by atoms with Gasteiger partial charge in [0.25, 0.3) is 5.91 Å². The van der Waals surface area contributed by atoms with Gasteiger partial charge in [0.2, 0.25) is 0 Å². The molecule has 0 saturated carbocycles. The van der Waals surface area contributed by atoms with Crippen molar-refractivity contribution >= 4 is 5.91 Å². The summed E-state index contributed by atoms with van der Waals surface area (Å²) in [5, 5.41) is 0. The highest BCUT2D eigenvalue weighted by Crippen LogP contribution is 2.20. The quantitative estimate of drug-likeness (QED) is 0.782. The van der Waals surface area contributed by atoms with Gasteiger partial charge in [0, 0.05) is 13.2 Å². The maximum atomic E-state index is 12.8. The molecule has 0 spiro atoms. The van der Waals surface area contributed by atoms with Crippen molar-refractivity contribution in [2.24, 2.45) is 5.92 Å². The van der Waals surface area contributed by atoms with Gasteiger partial charge in [0.05, 0.1) is 12.8 Å². The van der Waals surface area contributed by atoms with Crippen LogP contribution in [0.3, 0.4) is 0 Å². The van der Waals surface area contributed by atoms with Crippen LogP contribution in [0, 0.1) is 5.92 Å². The molecule has 0 bridgehead atoms. The molecule has 0 unspecified atom stereocenters. The van der Waals surface area contributed by atoms with Crippen molar-refractivity contribution in [3.05, 3.63) is 47.8 Å². The zero-order valence-corrected chi connectivity index (χ0v) is 13.5. The van der Waals surface area contributed by atoms with Crippen LogP contribution in [0.15, 0.2) is 39.4 Å². The van der Waals surface area contributed by atoms with E-state index in [1.165, 1.54) is 0 Å². The lowest BCUT2D eigenvalue weighted by Crippen LogP contribution is -2.40. The van der Waals surface area contributed by atoms with Crippen molar-refractivity contribution in [2.75, 3.05) is 7.11 Å². The Kier molecular flexibility index (Phi) is 5.44. The second-order valence-electron chi connectivity index (χ2n) is 5.70. The standard InChI is InChI=1S/C17H23NO4/c1-12(2)13(3)18(10-14-6-5-9-21-14)17(19)16-8-7-15(22-16)11-20-4/h5-9,12-13H,10-11H2,1-4H3/t13-/m0/s1. The molecule has 5 nitrogen and oxygen atoms in total. The number of carbonyl (C=O) groups excluding carboxylic acids is 1. The van der Waals surface area contributed by atoms with E-state index in [0.29, 0.717) is 30.6 Å². The molecule has 0 aliphatic rings. The van der Waals surface area contributed by atoms with E-state index in [-0.39, 0.29) is 11.9 Å². The summed E-state index contributed by atoms with van der Waals surface area (Å²) in [6, 6.07) is 7.21. The molecule has 2 aromatic heterocycles. The maximum Gasteiger partial charge on any atom is 0.290 e. The van der Waals surface area contributed by atoms with Gasteiger partial charge >= 0.3 is 0 Å². The highest BCUT2D eigenvalue weighted by atomic mass is 16.5. The Morgan fingerprint density at radius 2 is 2.00 bits per heavy atom. The van der Waals surface area contributed by atoms with Crippen molar-refractivity contribution in [3.8, 4) is 0 Å². The number of methoxy groups -OCH3 is 1. The molecule has 0 saturated heterocycles. The minimum Gasteiger partial charge on any atom is -0.467 e. The van der Waals surface area contributed by atoms with Gasteiger partial charge in [0.15, 0.2) is 5.76 Å². The van der Waals surface area contributed by atoms with Crippen LogP contribution in [0.25, 0.3) is 0 Å². The lowest BCUT2D eigenvalue weighted by Gasteiger charge is -2.30. The Bertz CT molecular complexity index is 586. The first-order valence-electron chi connectivity index (χ1n) is 7.44. The normalized spacial score (nSPS) is 12.6. The molecule has 0 fully saturated rings. The topological polar surface area (TPSA) is 55.8 Å². The summed E-state index contributed by atoms with van der Waals surface area (Å²) < 4.78 is 16.0. The number of rotatable bonds is 7. The molecule has 2 heterocycles. The molecule has 2 aromatic rings.